The molecule has 4 heteroatoms. The number of nitrogens with one attached hydrogen (secondary N) is 1. The molecule has 0 amide bonds. The summed E-state index contributed by atoms with van der Waals surface area (Å²) in [6, 6.07) is 3.91. The largest absolute Gasteiger partial charge is 0.468 e. The van der Waals surface area contributed by atoms with E-state index in [1.807, 2.05) is 12.1 Å². The fourth-order valence-electron chi connectivity index (χ4n) is 2.05. The van der Waals surface area contributed by atoms with Crippen LogP contribution in [0, 0.1) is 0 Å². The number of hydrogen-bond donors (Lipinski definition) is 1. The minimum atomic E-state index is 0.435. The third kappa shape index (κ3) is 3.33. The Morgan fingerprint density at radius 3 is 3.25 bits per heavy atom. The summed E-state index contributed by atoms with van der Waals surface area (Å²) in [6.07, 6.45) is 3.31. The van der Waals surface area contributed by atoms with Crippen LogP contribution in [-0.2, 0) is 11.3 Å². The molecule has 0 aromatic carbocycles. The zero-order valence-electron chi connectivity index (χ0n) is 9.82. The summed E-state index contributed by atoms with van der Waals surface area (Å²) in [6.45, 7) is 5.12. The van der Waals surface area contributed by atoms with Gasteiger partial charge in [0.25, 0.3) is 0 Å². The molecule has 1 aromatic heterocycles. The lowest BCUT2D eigenvalue weighted by molar-refractivity contribution is 0.108. The molecule has 1 saturated heterocycles. The molecule has 1 aliphatic heterocycles. The first kappa shape index (κ1) is 11.6. The van der Waals surface area contributed by atoms with Gasteiger partial charge in [0.2, 0.25) is 0 Å². The third-order valence-electron chi connectivity index (χ3n) is 3.05. The lowest BCUT2D eigenvalue weighted by Crippen LogP contribution is -2.31. The van der Waals surface area contributed by atoms with Gasteiger partial charge in [0.1, 0.15) is 5.76 Å². The monoisotopic (exact) mass is 224 g/mol. The summed E-state index contributed by atoms with van der Waals surface area (Å²) >= 11 is 0. The van der Waals surface area contributed by atoms with Gasteiger partial charge in [-0.3, -0.25) is 4.90 Å². The van der Waals surface area contributed by atoms with Gasteiger partial charge in [-0.1, -0.05) is 0 Å². The molecule has 0 bridgehead atoms. The van der Waals surface area contributed by atoms with Crippen LogP contribution in [0.15, 0.2) is 22.8 Å². The second kappa shape index (κ2) is 6.03. The second-order valence-electron chi connectivity index (χ2n) is 4.20. The van der Waals surface area contributed by atoms with Crippen molar-refractivity contribution in [3.63, 3.8) is 0 Å². The molecule has 2 heterocycles. The van der Waals surface area contributed by atoms with Crippen LogP contribution in [0.1, 0.15) is 12.2 Å². The molecule has 0 spiro atoms. The van der Waals surface area contributed by atoms with E-state index in [4.69, 9.17) is 9.15 Å². The summed E-state index contributed by atoms with van der Waals surface area (Å²) < 4.78 is 10.6. The van der Waals surface area contributed by atoms with Crippen molar-refractivity contribution in [3.05, 3.63) is 24.2 Å². The van der Waals surface area contributed by atoms with Crippen LogP contribution < -0.4 is 5.32 Å². The van der Waals surface area contributed by atoms with Crippen molar-refractivity contribution >= 4 is 0 Å². The van der Waals surface area contributed by atoms with E-state index >= 15 is 0 Å². The minimum Gasteiger partial charge on any atom is -0.468 e. The van der Waals surface area contributed by atoms with Crippen molar-refractivity contribution in [2.75, 3.05) is 33.3 Å². The molecular weight excluding hydrogens is 204 g/mol. The highest BCUT2D eigenvalue weighted by molar-refractivity contribution is 4.97. The maximum absolute atomic E-state index is 5.33. The van der Waals surface area contributed by atoms with Gasteiger partial charge < -0.3 is 14.5 Å². The Bertz CT molecular complexity index is 287. The molecule has 1 aromatic rings. The molecule has 2 rings (SSSR count). The topological polar surface area (TPSA) is 37.6 Å². The summed E-state index contributed by atoms with van der Waals surface area (Å²) in [5, 5.41) is 3.37. The van der Waals surface area contributed by atoms with Crippen LogP contribution in [0.2, 0.25) is 0 Å². The molecule has 90 valence electrons. The SMILES string of the molecule is COC1CCN(CCNCc2ccco2)C1. The molecule has 1 fully saturated rings. The average Bonchev–Trinajstić information content (AvgIpc) is 2.95. The first-order valence-electron chi connectivity index (χ1n) is 5.86. The first-order valence-corrected chi connectivity index (χ1v) is 5.86. The van der Waals surface area contributed by atoms with Crippen molar-refractivity contribution in [1.82, 2.24) is 10.2 Å². The van der Waals surface area contributed by atoms with Gasteiger partial charge in [0.05, 0.1) is 18.9 Å². The molecule has 1 aliphatic rings. The quantitative estimate of drug-likeness (QED) is 0.734. The zero-order valence-corrected chi connectivity index (χ0v) is 9.82. The molecule has 4 nitrogen and oxygen atoms in total. The van der Waals surface area contributed by atoms with E-state index < -0.39 is 0 Å². The zero-order chi connectivity index (χ0) is 11.2. The molecule has 0 aliphatic carbocycles. The number of rotatable bonds is 6. The summed E-state index contributed by atoms with van der Waals surface area (Å²) in [7, 11) is 1.79. The number of furan rings is 1. The third-order valence-corrected chi connectivity index (χ3v) is 3.05. The number of hydrogen-bond acceptors (Lipinski definition) is 4. The smallest absolute Gasteiger partial charge is 0.117 e. The minimum absolute atomic E-state index is 0.435. The van der Waals surface area contributed by atoms with E-state index in [-0.39, 0.29) is 0 Å². The van der Waals surface area contributed by atoms with Crippen LogP contribution in [0.4, 0.5) is 0 Å². The lowest BCUT2D eigenvalue weighted by atomic mass is 10.3. The summed E-state index contributed by atoms with van der Waals surface area (Å²) in [4.78, 5) is 2.43. The van der Waals surface area contributed by atoms with Crippen molar-refractivity contribution in [2.24, 2.45) is 0 Å². The van der Waals surface area contributed by atoms with Crippen LogP contribution in [0.25, 0.3) is 0 Å². The van der Waals surface area contributed by atoms with Crippen molar-refractivity contribution in [2.45, 2.75) is 19.1 Å². The maximum Gasteiger partial charge on any atom is 0.117 e. The van der Waals surface area contributed by atoms with E-state index in [1.54, 1.807) is 13.4 Å². The highest BCUT2D eigenvalue weighted by atomic mass is 16.5. The predicted octanol–water partition coefficient (Wildman–Crippen LogP) is 1.09. The van der Waals surface area contributed by atoms with Crippen LogP contribution in [0.5, 0.6) is 0 Å². The molecular formula is C12H20N2O2. The summed E-state index contributed by atoms with van der Waals surface area (Å²) in [5.41, 5.74) is 0. The van der Waals surface area contributed by atoms with E-state index in [1.165, 1.54) is 0 Å². The van der Waals surface area contributed by atoms with E-state index in [0.717, 1.165) is 44.9 Å². The molecule has 0 saturated carbocycles. The first-order chi connectivity index (χ1) is 7.88. The Balaban J connectivity index is 1.55. The van der Waals surface area contributed by atoms with Crippen molar-refractivity contribution in [1.29, 1.82) is 0 Å². The Labute approximate surface area is 96.6 Å². The molecule has 1 N–H and O–H groups in total. The van der Waals surface area contributed by atoms with Crippen LogP contribution in [0.3, 0.4) is 0 Å². The normalized spacial score (nSPS) is 21.7. The number of methoxy groups -OCH3 is 1. The van der Waals surface area contributed by atoms with E-state index in [9.17, 15) is 0 Å². The fraction of sp³-hybridized carbons (Fsp3) is 0.667. The van der Waals surface area contributed by atoms with Gasteiger partial charge in [-0.25, -0.2) is 0 Å². The molecule has 1 atom stereocenters. The fourth-order valence-corrected chi connectivity index (χ4v) is 2.05. The predicted molar refractivity (Wildman–Crippen MR) is 62.3 cm³/mol. The lowest BCUT2D eigenvalue weighted by Gasteiger charge is -2.15. The van der Waals surface area contributed by atoms with Gasteiger partial charge in [0.15, 0.2) is 0 Å². The van der Waals surface area contributed by atoms with Gasteiger partial charge >= 0.3 is 0 Å². The number of likely N-dealkylation sites (tertiary alicyclic amines) is 1. The van der Waals surface area contributed by atoms with E-state index in [2.05, 4.69) is 10.2 Å². The van der Waals surface area contributed by atoms with Crippen molar-refractivity contribution in [3.8, 4) is 0 Å². The van der Waals surface area contributed by atoms with Crippen LogP contribution >= 0.6 is 0 Å². The van der Waals surface area contributed by atoms with Gasteiger partial charge in [-0.2, -0.15) is 0 Å². The molecule has 16 heavy (non-hydrogen) atoms. The Morgan fingerprint density at radius 1 is 1.62 bits per heavy atom. The Morgan fingerprint density at radius 2 is 2.56 bits per heavy atom. The second-order valence-corrected chi connectivity index (χ2v) is 4.20. The Kier molecular flexibility index (Phi) is 4.39. The molecule has 0 radical (unpaired) electrons. The molecule has 1 unspecified atom stereocenters. The highest BCUT2D eigenvalue weighted by Gasteiger charge is 2.20. The van der Waals surface area contributed by atoms with Gasteiger partial charge in [-0.05, 0) is 18.6 Å². The van der Waals surface area contributed by atoms with E-state index in [0.29, 0.717) is 6.10 Å². The average molecular weight is 224 g/mol. The number of nitrogens with zero attached hydrogens (tertiary/aromatic N) is 1. The number of ether oxygens (including phenoxy) is 1. The maximum atomic E-state index is 5.33. The van der Waals surface area contributed by atoms with Gasteiger partial charge in [0, 0.05) is 33.3 Å². The Hall–Kier alpha value is -0.840. The standard InChI is InChI=1S/C12H20N2O2/c1-15-12-4-6-14(10-12)7-5-13-9-11-3-2-8-16-11/h2-3,8,12-13H,4-7,9-10H2,1H3. The summed E-state index contributed by atoms with van der Waals surface area (Å²) in [5.74, 6) is 0.996. The van der Waals surface area contributed by atoms with Crippen molar-refractivity contribution < 1.29 is 9.15 Å². The van der Waals surface area contributed by atoms with Gasteiger partial charge in [-0.15, -0.1) is 0 Å². The van der Waals surface area contributed by atoms with Crippen LogP contribution in [-0.4, -0.2) is 44.3 Å². The highest BCUT2D eigenvalue weighted by Crippen LogP contribution is 2.10.